The van der Waals surface area contributed by atoms with E-state index in [1.165, 1.54) is 31.3 Å². The van der Waals surface area contributed by atoms with Gasteiger partial charge in [0.05, 0.1) is 12.2 Å². The number of esters is 1. The standard InChI is InChI=1S/C27H38O4/c1-16(12-22-13-17(2)26(30)31-22)23-9-10-24-19(6-5-11-27(23,24)4)7-8-20-14-21(28)15-25(29)18(20)3/h7-8,13,16,21-25,28-29H,3,5-6,9-12,14-15H2,1-2,4H3/t16-,21-,22-,23-,24?,25+,27-/m1/s1. The number of cyclic esters (lactones) is 1. The number of allylic oxidation sites excluding steroid dienone is 3. The second-order valence-electron chi connectivity index (χ2n) is 10.7. The van der Waals surface area contributed by atoms with E-state index in [0.717, 1.165) is 29.6 Å². The van der Waals surface area contributed by atoms with Gasteiger partial charge in [-0.15, -0.1) is 0 Å². The second kappa shape index (κ2) is 8.71. The molecule has 1 heterocycles. The van der Waals surface area contributed by atoms with Crippen LogP contribution in [0.4, 0.5) is 0 Å². The van der Waals surface area contributed by atoms with E-state index in [0.29, 0.717) is 30.6 Å². The zero-order valence-electron chi connectivity index (χ0n) is 19.3. The Labute approximate surface area is 186 Å². The molecule has 0 aromatic carbocycles. The van der Waals surface area contributed by atoms with E-state index in [-0.39, 0.29) is 17.5 Å². The van der Waals surface area contributed by atoms with E-state index in [9.17, 15) is 15.0 Å². The van der Waals surface area contributed by atoms with Gasteiger partial charge in [-0.3, -0.25) is 0 Å². The molecule has 170 valence electrons. The third kappa shape index (κ3) is 4.34. The van der Waals surface area contributed by atoms with Crippen LogP contribution in [0.1, 0.15) is 72.1 Å². The molecule has 4 nitrogen and oxygen atoms in total. The first-order chi connectivity index (χ1) is 14.7. The molecule has 1 aliphatic heterocycles. The van der Waals surface area contributed by atoms with E-state index < -0.39 is 12.2 Å². The molecular weight excluding hydrogens is 388 g/mol. The molecule has 0 aromatic heterocycles. The average molecular weight is 427 g/mol. The molecule has 4 heteroatoms. The van der Waals surface area contributed by atoms with E-state index in [1.807, 2.05) is 13.0 Å². The molecule has 3 fully saturated rings. The lowest BCUT2D eigenvalue weighted by molar-refractivity contribution is -0.140. The Morgan fingerprint density at radius 2 is 2.10 bits per heavy atom. The number of ether oxygens (including phenoxy) is 1. The normalized spacial score (nSPS) is 42.0. The Morgan fingerprint density at radius 1 is 1.32 bits per heavy atom. The van der Waals surface area contributed by atoms with Gasteiger partial charge < -0.3 is 14.9 Å². The first-order valence-corrected chi connectivity index (χ1v) is 12.0. The van der Waals surface area contributed by atoms with Crippen molar-refractivity contribution in [1.82, 2.24) is 0 Å². The predicted molar refractivity (Wildman–Crippen MR) is 122 cm³/mol. The van der Waals surface area contributed by atoms with E-state index in [4.69, 9.17) is 4.74 Å². The van der Waals surface area contributed by atoms with Crippen LogP contribution in [0.2, 0.25) is 0 Å². The zero-order valence-corrected chi connectivity index (χ0v) is 19.3. The molecule has 4 aliphatic rings. The highest BCUT2D eigenvalue weighted by Crippen LogP contribution is 2.60. The monoisotopic (exact) mass is 426 g/mol. The van der Waals surface area contributed by atoms with Crippen molar-refractivity contribution in [3.05, 3.63) is 47.1 Å². The van der Waals surface area contributed by atoms with Crippen LogP contribution in [0.25, 0.3) is 0 Å². The Balaban J connectivity index is 1.48. The van der Waals surface area contributed by atoms with Crippen molar-refractivity contribution in [1.29, 1.82) is 0 Å². The average Bonchev–Trinajstić information content (AvgIpc) is 3.22. The van der Waals surface area contributed by atoms with Gasteiger partial charge in [-0.25, -0.2) is 4.79 Å². The highest BCUT2D eigenvalue weighted by molar-refractivity contribution is 5.90. The number of aliphatic hydroxyl groups is 2. The van der Waals surface area contributed by atoms with Gasteiger partial charge in [0.1, 0.15) is 6.10 Å². The highest BCUT2D eigenvalue weighted by Gasteiger charge is 2.51. The van der Waals surface area contributed by atoms with Gasteiger partial charge in [0.2, 0.25) is 0 Å². The van der Waals surface area contributed by atoms with Gasteiger partial charge in [-0.2, -0.15) is 0 Å². The van der Waals surface area contributed by atoms with Crippen LogP contribution in [-0.4, -0.2) is 34.5 Å². The maximum absolute atomic E-state index is 11.7. The summed E-state index contributed by atoms with van der Waals surface area (Å²) in [6, 6.07) is 0. The Hall–Kier alpha value is -1.65. The topological polar surface area (TPSA) is 66.8 Å². The van der Waals surface area contributed by atoms with E-state index >= 15 is 0 Å². The van der Waals surface area contributed by atoms with Gasteiger partial charge >= 0.3 is 5.97 Å². The fourth-order valence-electron chi connectivity index (χ4n) is 6.94. The molecule has 3 aliphatic carbocycles. The van der Waals surface area contributed by atoms with Crippen LogP contribution in [0.5, 0.6) is 0 Å². The minimum absolute atomic E-state index is 0.0661. The predicted octanol–water partition coefficient (Wildman–Crippen LogP) is 5.03. The van der Waals surface area contributed by atoms with Gasteiger partial charge in [0.15, 0.2) is 0 Å². The SMILES string of the molecule is C=C1C(=CC=C2CCC[C@@]3(C)C2CC[C@@H]3[C@H](C)C[C@@H]2C=C(C)C(=O)O2)C[C@@H](O)C[C@@H]1O. The van der Waals surface area contributed by atoms with Crippen molar-refractivity contribution in [2.24, 2.45) is 23.2 Å². The van der Waals surface area contributed by atoms with Crippen molar-refractivity contribution >= 4 is 5.97 Å². The molecule has 1 unspecified atom stereocenters. The summed E-state index contributed by atoms with van der Waals surface area (Å²) in [5, 5.41) is 20.2. The minimum Gasteiger partial charge on any atom is -0.455 e. The molecule has 0 amide bonds. The molecule has 31 heavy (non-hydrogen) atoms. The Bertz CT molecular complexity index is 834. The molecule has 0 bridgehead atoms. The van der Waals surface area contributed by atoms with Crippen molar-refractivity contribution in [3.63, 3.8) is 0 Å². The van der Waals surface area contributed by atoms with Crippen LogP contribution in [-0.2, 0) is 9.53 Å². The van der Waals surface area contributed by atoms with E-state index in [1.54, 1.807) is 0 Å². The van der Waals surface area contributed by atoms with Crippen LogP contribution in [0, 0.1) is 23.2 Å². The summed E-state index contributed by atoms with van der Waals surface area (Å²) in [7, 11) is 0. The summed E-state index contributed by atoms with van der Waals surface area (Å²) in [5.74, 6) is 1.56. The summed E-state index contributed by atoms with van der Waals surface area (Å²) >= 11 is 0. The van der Waals surface area contributed by atoms with Gasteiger partial charge in [0, 0.05) is 12.0 Å². The number of hydrogen-bond donors (Lipinski definition) is 2. The van der Waals surface area contributed by atoms with Crippen LogP contribution in [0.3, 0.4) is 0 Å². The lowest BCUT2D eigenvalue weighted by atomic mass is 9.60. The van der Waals surface area contributed by atoms with Gasteiger partial charge in [-0.05, 0) is 92.3 Å². The highest BCUT2D eigenvalue weighted by atomic mass is 16.5. The summed E-state index contributed by atoms with van der Waals surface area (Å²) in [6.07, 6.45) is 13.1. The minimum atomic E-state index is -0.635. The molecule has 0 aromatic rings. The summed E-state index contributed by atoms with van der Waals surface area (Å²) in [4.78, 5) is 11.7. The fraction of sp³-hybridized carbons (Fsp3) is 0.667. The smallest absolute Gasteiger partial charge is 0.334 e. The molecule has 7 atom stereocenters. The number of rotatable bonds is 4. The third-order valence-corrected chi connectivity index (χ3v) is 8.61. The Kier molecular flexibility index (Phi) is 6.33. The molecule has 2 N–H and O–H groups in total. The fourth-order valence-corrected chi connectivity index (χ4v) is 6.94. The van der Waals surface area contributed by atoms with Gasteiger partial charge in [-0.1, -0.05) is 38.2 Å². The zero-order chi connectivity index (χ0) is 22.3. The molecule has 0 saturated heterocycles. The number of aliphatic hydroxyl groups excluding tert-OH is 2. The Morgan fingerprint density at radius 3 is 2.81 bits per heavy atom. The first-order valence-electron chi connectivity index (χ1n) is 12.0. The van der Waals surface area contributed by atoms with Crippen molar-refractivity contribution in [2.45, 2.75) is 90.4 Å². The first kappa shape index (κ1) is 22.5. The summed E-state index contributed by atoms with van der Waals surface area (Å²) < 4.78 is 5.53. The van der Waals surface area contributed by atoms with Crippen LogP contribution in [0.15, 0.2) is 47.1 Å². The molecular formula is C27H38O4. The molecule has 0 radical (unpaired) electrons. The van der Waals surface area contributed by atoms with Crippen LogP contribution < -0.4 is 0 Å². The lowest BCUT2D eigenvalue weighted by Gasteiger charge is -2.44. The molecule has 4 rings (SSSR count). The second-order valence-corrected chi connectivity index (χ2v) is 10.7. The third-order valence-electron chi connectivity index (χ3n) is 8.61. The number of hydrogen-bond acceptors (Lipinski definition) is 4. The largest absolute Gasteiger partial charge is 0.455 e. The van der Waals surface area contributed by atoms with Gasteiger partial charge in [0.25, 0.3) is 0 Å². The van der Waals surface area contributed by atoms with Crippen molar-refractivity contribution < 1.29 is 19.7 Å². The maximum atomic E-state index is 11.7. The lowest BCUT2D eigenvalue weighted by Crippen LogP contribution is -2.36. The van der Waals surface area contributed by atoms with Crippen molar-refractivity contribution in [2.75, 3.05) is 0 Å². The summed E-state index contributed by atoms with van der Waals surface area (Å²) in [6.45, 7) is 10.7. The van der Waals surface area contributed by atoms with Crippen LogP contribution >= 0.6 is 0 Å². The number of carbonyl (C=O) groups is 1. The quantitative estimate of drug-likeness (QED) is 0.619. The molecule has 3 saturated carbocycles. The maximum Gasteiger partial charge on any atom is 0.334 e. The van der Waals surface area contributed by atoms with E-state index in [2.05, 4.69) is 32.6 Å². The number of fused-ring (bicyclic) bond motifs is 1. The molecule has 0 spiro atoms. The van der Waals surface area contributed by atoms with Crippen molar-refractivity contribution in [3.8, 4) is 0 Å². The summed E-state index contributed by atoms with van der Waals surface area (Å²) in [5.41, 5.74) is 4.28. The number of carbonyl (C=O) groups excluding carboxylic acids is 1.